The number of carbonyl (C=O) groups excluding carboxylic acids is 1. The third-order valence-electron chi connectivity index (χ3n) is 4.20. The minimum atomic E-state index is 0.0588. The number of urea groups is 1. The number of hydrogen-bond donors (Lipinski definition) is 1. The van der Waals surface area contributed by atoms with Crippen LogP contribution in [-0.2, 0) is 0 Å². The van der Waals surface area contributed by atoms with Gasteiger partial charge in [0.05, 0.1) is 0 Å². The van der Waals surface area contributed by atoms with Gasteiger partial charge in [0.25, 0.3) is 0 Å². The first-order chi connectivity index (χ1) is 10.7. The van der Waals surface area contributed by atoms with E-state index >= 15 is 0 Å². The molecule has 0 saturated carbocycles. The molecule has 0 bridgehead atoms. The highest BCUT2D eigenvalue weighted by molar-refractivity contribution is 7.07. The second-order valence-corrected chi connectivity index (χ2v) is 6.43. The van der Waals surface area contributed by atoms with Gasteiger partial charge in [-0.05, 0) is 42.2 Å². The molecule has 1 aliphatic heterocycles. The highest BCUT2D eigenvalue weighted by Gasteiger charge is 2.24. The Bertz CT molecular complexity index is 487. The van der Waals surface area contributed by atoms with E-state index in [0.717, 1.165) is 45.4 Å². The van der Waals surface area contributed by atoms with Crippen molar-refractivity contribution in [2.75, 3.05) is 32.7 Å². The number of unbranched alkanes of at least 4 members (excludes halogenated alkanes) is 2. The van der Waals surface area contributed by atoms with Crippen molar-refractivity contribution in [1.82, 2.24) is 15.1 Å². The van der Waals surface area contributed by atoms with Gasteiger partial charge in [-0.1, -0.05) is 0 Å². The van der Waals surface area contributed by atoms with E-state index in [2.05, 4.69) is 39.9 Å². The van der Waals surface area contributed by atoms with Gasteiger partial charge >= 0.3 is 6.03 Å². The fourth-order valence-corrected chi connectivity index (χ4v) is 3.44. The predicted molar refractivity (Wildman–Crippen MR) is 92.0 cm³/mol. The van der Waals surface area contributed by atoms with Crippen molar-refractivity contribution in [3.05, 3.63) is 22.4 Å². The first kappa shape index (κ1) is 16.9. The van der Waals surface area contributed by atoms with Crippen LogP contribution in [0, 0.1) is 12.3 Å². The molecule has 1 unspecified atom stereocenters. The zero-order chi connectivity index (χ0) is 15.8. The number of nitrogens with zero attached hydrogens (tertiary/aromatic N) is 2. The number of thiophene rings is 1. The Balaban J connectivity index is 1.68. The van der Waals surface area contributed by atoms with Gasteiger partial charge in [-0.25, -0.2) is 4.79 Å². The van der Waals surface area contributed by atoms with Gasteiger partial charge < -0.3 is 10.2 Å². The summed E-state index contributed by atoms with van der Waals surface area (Å²) >= 11 is 1.74. The monoisotopic (exact) mass is 319 g/mol. The van der Waals surface area contributed by atoms with E-state index < -0.39 is 0 Å². The fourth-order valence-electron chi connectivity index (χ4n) is 2.70. The highest BCUT2D eigenvalue weighted by atomic mass is 32.1. The van der Waals surface area contributed by atoms with Gasteiger partial charge in [-0.3, -0.25) is 4.90 Å². The highest BCUT2D eigenvalue weighted by Crippen LogP contribution is 2.23. The summed E-state index contributed by atoms with van der Waals surface area (Å²) in [5.74, 6) is 2.62. The topological polar surface area (TPSA) is 35.6 Å². The van der Waals surface area contributed by atoms with E-state index in [-0.39, 0.29) is 6.03 Å². The van der Waals surface area contributed by atoms with Gasteiger partial charge in [-0.2, -0.15) is 11.3 Å². The fraction of sp³-hybridized carbons (Fsp3) is 0.588. The van der Waals surface area contributed by atoms with Crippen molar-refractivity contribution in [1.29, 1.82) is 0 Å². The molecule has 0 spiro atoms. The average Bonchev–Trinajstić information content (AvgIpc) is 3.08. The van der Waals surface area contributed by atoms with Crippen LogP contribution in [0.3, 0.4) is 0 Å². The molecule has 5 heteroatoms. The molecule has 0 aliphatic carbocycles. The standard InChI is InChI=1S/C17H25N3OS/c1-3-4-5-6-8-18-17(21)20-11-9-19(10-12-20)15(2)16-7-13-22-14-16/h1,7,13-15H,4-6,8-12H2,2H3,(H,18,21). The van der Waals surface area contributed by atoms with E-state index in [1.54, 1.807) is 11.3 Å². The maximum absolute atomic E-state index is 12.1. The molecule has 2 heterocycles. The van der Waals surface area contributed by atoms with Gasteiger partial charge in [0.15, 0.2) is 0 Å². The van der Waals surface area contributed by atoms with Crippen LogP contribution in [0.5, 0.6) is 0 Å². The van der Waals surface area contributed by atoms with E-state index in [0.29, 0.717) is 12.6 Å². The molecule has 1 fully saturated rings. The summed E-state index contributed by atoms with van der Waals surface area (Å²) in [6.45, 7) is 6.41. The van der Waals surface area contributed by atoms with Crippen LogP contribution in [0.2, 0.25) is 0 Å². The molecule has 1 aromatic heterocycles. The maximum atomic E-state index is 12.1. The molecule has 1 aliphatic rings. The summed E-state index contributed by atoms with van der Waals surface area (Å²) in [5, 5.41) is 7.31. The number of piperazine rings is 1. The van der Waals surface area contributed by atoms with E-state index in [1.807, 2.05) is 4.90 Å². The van der Waals surface area contributed by atoms with Gasteiger partial charge in [0, 0.05) is 45.2 Å². The second kappa shape index (κ2) is 8.82. The van der Waals surface area contributed by atoms with Gasteiger partial charge in [0.1, 0.15) is 0 Å². The Morgan fingerprint density at radius 1 is 1.41 bits per heavy atom. The van der Waals surface area contributed by atoms with Crippen LogP contribution >= 0.6 is 11.3 Å². The molecule has 1 saturated heterocycles. The number of amides is 2. The Morgan fingerprint density at radius 3 is 2.82 bits per heavy atom. The smallest absolute Gasteiger partial charge is 0.317 e. The summed E-state index contributed by atoms with van der Waals surface area (Å²) in [7, 11) is 0. The lowest BCUT2D eigenvalue weighted by molar-refractivity contribution is 0.114. The lowest BCUT2D eigenvalue weighted by atomic mass is 10.1. The van der Waals surface area contributed by atoms with Gasteiger partial charge in [0.2, 0.25) is 0 Å². The SMILES string of the molecule is C#CCCCCNC(=O)N1CCN(C(C)c2ccsc2)CC1. The van der Waals surface area contributed by atoms with Crippen molar-refractivity contribution in [3.8, 4) is 12.3 Å². The second-order valence-electron chi connectivity index (χ2n) is 5.65. The van der Waals surface area contributed by atoms with E-state index in [1.165, 1.54) is 5.56 Å². The number of hydrogen-bond acceptors (Lipinski definition) is 3. The van der Waals surface area contributed by atoms with Crippen LogP contribution in [0.4, 0.5) is 4.79 Å². The maximum Gasteiger partial charge on any atom is 0.317 e. The predicted octanol–water partition coefficient (Wildman–Crippen LogP) is 2.94. The zero-order valence-electron chi connectivity index (χ0n) is 13.3. The van der Waals surface area contributed by atoms with Crippen molar-refractivity contribution >= 4 is 17.4 Å². The minimum Gasteiger partial charge on any atom is -0.338 e. The molecule has 1 N–H and O–H groups in total. The molecule has 2 amide bonds. The summed E-state index contributed by atoms with van der Waals surface area (Å²) in [6, 6.07) is 2.67. The first-order valence-electron chi connectivity index (χ1n) is 7.94. The largest absolute Gasteiger partial charge is 0.338 e. The Morgan fingerprint density at radius 2 is 2.18 bits per heavy atom. The van der Waals surface area contributed by atoms with Crippen molar-refractivity contribution in [2.24, 2.45) is 0 Å². The summed E-state index contributed by atoms with van der Waals surface area (Å²) in [6.07, 6.45) is 7.92. The summed E-state index contributed by atoms with van der Waals surface area (Å²) < 4.78 is 0. The molecule has 2 rings (SSSR count). The molecular formula is C17H25N3OS. The molecule has 22 heavy (non-hydrogen) atoms. The minimum absolute atomic E-state index is 0.0588. The summed E-state index contributed by atoms with van der Waals surface area (Å²) in [4.78, 5) is 16.5. The third kappa shape index (κ3) is 4.75. The average molecular weight is 319 g/mol. The van der Waals surface area contributed by atoms with Crippen molar-refractivity contribution in [3.63, 3.8) is 0 Å². The van der Waals surface area contributed by atoms with E-state index in [9.17, 15) is 4.79 Å². The molecule has 0 radical (unpaired) electrons. The van der Waals surface area contributed by atoms with Crippen LogP contribution in [0.15, 0.2) is 16.8 Å². The zero-order valence-corrected chi connectivity index (χ0v) is 14.1. The molecule has 0 aromatic carbocycles. The van der Waals surface area contributed by atoms with Crippen LogP contribution < -0.4 is 5.32 Å². The lowest BCUT2D eigenvalue weighted by Gasteiger charge is -2.37. The summed E-state index contributed by atoms with van der Waals surface area (Å²) in [5.41, 5.74) is 1.37. The van der Waals surface area contributed by atoms with Crippen LogP contribution in [0.1, 0.15) is 37.8 Å². The van der Waals surface area contributed by atoms with Gasteiger partial charge in [-0.15, -0.1) is 12.3 Å². The normalized spacial score (nSPS) is 17.0. The Kier molecular flexibility index (Phi) is 6.75. The molecule has 1 aromatic rings. The van der Waals surface area contributed by atoms with Crippen LogP contribution in [0.25, 0.3) is 0 Å². The molecule has 4 nitrogen and oxygen atoms in total. The molecular weight excluding hydrogens is 294 g/mol. The number of carbonyl (C=O) groups is 1. The first-order valence-corrected chi connectivity index (χ1v) is 8.89. The number of terminal acetylenes is 1. The quantitative estimate of drug-likeness (QED) is 0.646. The van der Waals surface area contributed by atoms with E-state index in [4.69, 9.17) is 6.42 Å². The third-order valence-corrected chi connectivity index (χ3v) is 4.90. The Hall–Kier alpha value is -1.51. The van der Waals surface area contributed by atoms with Crippen LogP contribution in [-0.4, -0.2) is 48.6 Å². The molecule has 120 valence electrons. The number of nitrogens with one attached hydrogen (secondary N) is 1. The number of rotatable bonds is 6. The molecule has 1 atom stereocenters. The lowest BCUT2D eigenvalue weighted by Crippen LogP contribution is -2.52. The van der Waals surface area contributed by atoms with Crippen molar-refractivity contribution < 1.29 is 4.79 Å². The van der Waals surface area contributed by atoms with Crippen molar-refractivity contribution in [2.45, 2.75) is 32.2 Å². The Labute approximate surface area is 137 Å².